The molecule has 1 aromatic heterocycles. The summed E-state index contributed by atoms with van der Waals surface area (Å²) in [6, 6.07) is 6.32. The van der Waals surface area contributed by atoms with Crippen LogP contribution < -0.4 is 10.5 Å². The van der Waals surface area contributed by atoms with Gasteiger partial charge >= 0.3 is 0 Å². The number of furan rings is 1. The number of rotatable bonds is 4. The Morgan fingerprint density at radius 2 is 1.85 bits per heavy atom. The number of aryl methyl sites for hydroxylation is 2. The van der Waals surface area contributed by atoms with Gasteiger partial charge in [-0.15, -0.1) is 0 Å². The number of nitrogens with one attached hydrogen (secondary N) is 1. The summed E-state index contributed by atoms with van der Waals surface area (Å²) in [5, 5.41) is 0. The molecule has 1 atom stereocenters. The Kier molecular flexibility index (Phi) is 3.87. The molecule has 0 spiro atoms. The molecular weight excluding hydrogens is 276 g/mol. The zero-order chi connectivity index (χ0) is 14.9. The number of nitrogens with two attached hydrogens (primary N) is 1. The van der Waals surface area contributed by atoms with Crippen molar-refractivity contribution in [3.63, 3.8) is 0 Å². The minimum Gasteiger partial charge on any atom is -0.468 e. The predicted octanol–water partition coefficient (Wildman–Crippen LogP) is 2.52. The Morgan fingerprint density at radius 1 is 1.25 bits per heavy atom. The van der Waals surface area contributed by atoms with Gasteiger partial charge in [-0.2, -0.15) is 0 Å². The van der Waals surface area contributed by atoms with Crippen LogP contribution in [0.1, 0.15) is 29.9 Å². The Morgan fingerprint density at radius 3 is 2.35 bits per heavy atom. The van der Waals surface area contributed by atoms with E-state index in [9.17, 15) is 8.42 Å². The van der Waals surface area contributed by atoms with Crippen LogP contribution in [0.15, 0.2) is 39.8 Å². The zero-order valence-corrected chi connectivity index (χ0v) is 12.5. The Hall–Kier alpha value is -1.79. The molecule has 20 heavy (non-hydrogen) atoms. The summed E-state index contributed by atoms with van der Waals surface area (Å²) in [6.45, 7) is 5.20. The summed E-state index contributed by atoms with van der Waals surface area (Å²) in [5.74, 6) is 0.569. The van der Waals surface area contributed by atoms with Crippen LogP contribution in [0.4, 0.5) is 5.69 Å². The van der Waals surface area contributed by atoms with Crippen molar-refractivity contribution >= 4 is 15.7 Å². The maximum atomic E-state index is 12.5. The summed E-state index contributed by atoms with van der Waals surface area (Å²) in [7, 11) is -3.63. The number of hydrogen-bond acceptors (Lipinski definition) is 4. The minimum absolute atomic E-state index is 0.269. The third-order valence-electron chi connectivity index (χ3n) is 3.05. The van der Waals surface area contributed by atoms with E-state index < -0.39 is 16.1 Å². The van der Waals surface area contributed by atoms with Gasteiger partial charge < -0.3 is 10.2 Å². The number of hydrogen-bond donors (Lipinski definition) is 2. The van der Waals surface area contributed by atoms with Crippen LogP contribution in [-0.4, -0.2) is 8.42 Å². The molecule has 0 aliphatic carbocycles. The molecule has 6 heteroatoms. The van der Waals surface area contributed by atoms with E-state index in [4.69, 9.17) is 10.2 Å². The van der Waals surface area contributed by atoms with Crippen LogP contribution in [0.5, 0.6) is 0 Å². The molecule has 5 nitrogen and oxygen atoms in total. The molecule has 1 heterocycles. The standard InChI is InChI=1S/C14H18N2O3S/c1-9-7-12(15)8-10(2)14(9)20(17,18)16-11(3)13-5-4-6-19-13/h4-8,11,16H,15H2,1-3H3. The van der Waals surface area contributed by atoms with Crippen LogP contribution >= 0.6 is 0 Å². The predicted molar refractivity (Wildman–Crippen MR) is 77.8 cm³/mol. The van der Waals surface area contributed by atoms with Gasteiger partial charge in [-0.1, -0.05) is 0 Å². The van der Waals surface area contributed by atoms with Crippen molar-refractivity contribution in [3.05, 3.63) is 47.4 Å². The third kappa shape index (κ3) is 2.86. The lowest BCUT2D eigenvalue weighted by atomic mass is 10.1. The van der Waals surface area contributed by atoms with Gasteiger partial charge in [-0.25, -0.2) is 13.1 Å². The molecule has 0 aliphatic rings. The van der Waals surface area contributed by atoms with E-state index in [1.165, 1.54) is 6.26 Å². The summed E-state index contributed by atoms with van der Waals surface area (Å²) in [5.41, 5.74) is 7.53. The quantitative estimate of drug-likeness (QED) is 0.848. The lowest BCUT2D eigenvalue weighted by Gasteiger charge is -2.16. The highest BCUT2D eigenvalue weighted by Gasteiger charge is 2.23. The van der Waals surface area contributed by atoms with Crippen molar-refractivity contribution in [2.75, 3.05) is 5.73 Å². The molecule has 2 rings (SSSR count). The van der Waals surface area contributed by atoms with Crippen molar-refractivity contribution < 1.29 is 12.8 Å². The van der Waals surface area contributed by atoms with E-state index in [-0.39, 0.29) is 4.90 Å². The van der Waals surface area contributed by atoms with Crippen LogP contribution in [0.25, 0.3) is 0 Å². The first kappa shape index (κ1) is 14.6. The fraction of sp³-hybridized carbons (Fsp3) is 0.286. The first-order valence-electron chi connectivity index (χ1n) is 6.23. The first-order valence-corrected chi connectivity index (χ1v) is 7.72. The van der Waals surface area contributed by atoms with E-state index in [1.54, 1.807) is 45.0 Å². The van der Waals surface area contributed by atoms with E-state index in [1.807, 2.05) is 0 Å². The SMILES string of the molecule is Cc1cc(N)cc(C)c1S(=O)(=O)NC(C)c1ccco1. The fourth-order valence-corrected chi connectivity index (χ4v) is 3.96. The fourth-order valence-electron chi connectivity index (χ4n) is 2.30. The Bertz CT molecular complexity index is 683. The van der Waals surface area contributed by atoms with Crippen LogP contribution in [0.3, 0.4) is 0 Å². The third-order valence-corrected chi connectivity index (χ3v) is 4.90. The number of anilines is 1. The molecule has 1 aromatic carbocycles. The van der Waals surface area contributed by atoms with E-state index >= 15 is 0 Å². The second-order valence-electron chi connectivity index (χ2n) is 4.84. The molecule has 1 unspecified atom stereocenters. The van der Waals surface area contributed by atoms with E-state index in [0.717, 1.165) is 0 Å². The highest BCUT2D eigenvalue weighted by Crippen LogP contribution is 2.25. The number of nitrogen functional groups attached to an aromatic ring is 1. The summed E-state index contributed by atoms with van der Waals surface area (Å²) < 4.78 is 32.8. The molecule has 3 N–H and O–H groups in total. The maximum absolute atomic E-state index is 12.5. The average molecular weight is 294 g/mol. The van der Waals surface area contributed by atoms with Crippen LogP contribution in [0.2, 0.25) is 0 Å². The molecule has 0 saturated carbocycles. The largest absolute Gasteiger partial charge is 0.468 e. The highest BCUT2D eigenvalue weighted by molar-refractivity contribution is 7.89. The van der Waals surface area contributed by atoms with Gasteiger partial charge in [0, 0.05) is 5.69 Å². The van der Waals surface area contributed by atoms with Gasteiger partial charge in [-0.05, 0) is 56.2 Å². The normalized spacial score (nSPS) is 13.3. The monoisotopic (exact) mass is 294 g/mol. The average Bonchev–Trinajstić information content (AvgIpc) is 2.78. The van der Waals surface area contributed by atoms with E-state index in [0.29, 0.717) is 22.6 Å². The highest BCUT2D eigenvalue weighted by atomic mass is 32.2. The molecule has 0 radical (unpaired) electrons. The van der Waals surface area contributed by atoms with Gasteiger partial charge in [0.1, 0.15) is 5.76 Å². The van der Waals surface area contributed by atoms with Crippen molar-refractivity contribution in [1.82, 2.24) is 4.72 Å². The summed E-state index contributed by atoms with van der Waals surface area (Å²) in [6.07, 6.45) is 1.51. The number of benzene rings is 1. The molecule has 0 amide bonds. The van der Waals surface area contributed by atoms with Crippen LogP contribution in [0, 0.1) is 13.8 Å². The van der Waals surface area contributed by atoms with E-state index in [2.05, 4.69) is 4.72 Å². The van der Waals surface area contributed by atoms with Crippen molar-refractivity contribution in [2.24, 2.45) is 0 Å². The van der Waals surface area contributed by atoms with Crippen molar-refractivity contribution in [3.8, 4) is 0 Å². The summed E-state index contributed by atoms with van der Waals surface area (Å²) >= 11 is 0. The molecule has 0 fully saturated rings. The molecule has 0 bridgehead atoms. The lowest BCUT2D eigenvalue weighted by Crippen LogP contribution is -2.28. The molecule has 108 valence electrons. The number of sulfonamides is 1. The second-order valence-corrected chi connectivity index (χ2v) is 6.49. The topological polar surface area (TPSA) is 85.3 Å². The van der Waals surface area contributed by atoms with Gasteiger partial charge in [0.15, 0.2) is 0 Å². The van der Waals surface area contributed by atoms with Crippen LogP contribution in [-0.2, 0) is 10.0 Å². The Balaban J connectivity index is 2.37. The molecule has 0 saturated heterocycles. The zero-order valence-electron chi connectivity index (χ0n) is 11.7. The second kappa shape index (κ2) is 5.30. The lowest BCUT2D eigenvalue weighted by molar-refractivity contribution is 0.459. The maximum Gasteiger partial charge on any atom is 0.241 e. The van der Waals surface area contributed by atoms with Gasteiger partial charge in [0.05, 0.1) is 17.2 Å². The van der Waals surface area contributed by atoms with Gasteiger partial charge in [0.2, 0.25) is 10.0 Å². The molecular formula is C14H18N2O3S. The van der Waals surface area contributed by atoms with Gasteiger partial charge in [-0.3, -0.25) is 0 Å². The summed E-state index contributed by atoms with van der Waals surface area (Å²) in [4.78, 5) is 0.269. The molecule has 0 aliphatic heterocycles. The smallest absolute Gasteiger partial charge is 0.241 e. The minimum atomic E-state index is -3.63. The van der Waals surface area contributed by atoms with Crippen molar-refractivity contribution in [1.29, 1.82) is 0 Å². The van der Waals surface area contributed by atoms with Crippen molar-refractivity contribution in [2.45, 2.75) is 31.7 Å². The van der Waals surface area contributed by atoms with Gasteiger partial charge in [0.25, 0.3) is 0 Å². The Labute approximate surface area is 118 Å². The molecule has 2 aromatic rings. The first-order chi connectivity index (χ1) is 9.31.